The molecule has 0 saturated carbocycles. The van der Waals surface area contributed by atoms with Crippen molar-refractivity contribution in [3.05, 3.63) is 59.7 Å². The molecule has 1 N–H and O–H groups in total. The van der Waals surface area contributed by atoms with Crippen LogP contribution in [0.3, 0.4) is 0 Å². The van der Waals surface area contributed by atoms with Gasteiger partial charge in [0.1, 0.15) is 5.75 Å². The third-order valence-electron chi connectivity index (χ3n) is 3.20. The van der Waals surface area contributed by atoms with Crippen molar-refractivity contribution >= 4 is 17.4 Å². The van der Waals surface area contributed by atoms with E-state index in [1.165, 1.54) is 6.92 Å². The second kappa shape index (κ2) is 7.23. The number of hydrogen-bond acceptors (Lipinski definition) is 4. The van der Waals surface area contributed by atoms with Crippen molar-refractivity contribution in [1.29, 1.82) is 5.26 Å². The van der Waals surface area contributed by atoms with E-state index in [4.69, 9.17) is 10.00 Å². The molecule has 0 aliphatic carbocycles. The largest absolute Gasteiger partial charge is 0.481 e. The summed E-state index contributed by atoms with van der Waals surface area (Å²) in [7, 11) is 0. The van der Waals surface area contributed by atoms with Crippen LogP contribution in [-0.4, -0.2) is 17.8 Å². The Kier molecular flexibility index (Phi) is 5.11. The molecular formula is C18H16N2O3. The summed E-state index contributed by atoms with van der Waals surface area (Å²) in [5.74, 6) is 0.110. The first-order valence-electron chi connectivity index (χ1n) is 7.08. The summed E-state index contributed by atoms with van der Waals surface area (Å²) >= 11 is 0. The molecule has 0 unspecified atom stereocenters. The zero-order valence-corrected chi connectivity index (χ0v) is 12.9. The summed E-state index contributed by atoms with van der Waals surface area (Å²) in [6.07, 6.45) is -0.726. The number of nitrogens with zero attached hydrogens (tertiary/aromatic N) is 1. The van der Waals surface area contributed by atoms with E-state index in [0.717, 1.165) is 0 Å². The minimum Gasteiger partial charge on any atom is -0.481 e. The van der Waals surface area contributed by atoms with Gasteiger partial charge in [0, 0.05) is 11.3 Å². The Bertz CT molecular complexity index is 761. The average Bonchev–Trinajstić information content (AvgIpc) is 2.55. The Morgan fingerprint density at radius 2 is 1.87 bits per heavy atom. The van der Waals surface area contributed by atoms with Gasteiger partial charge in [-0.05, 0) is 56.3 Å². The van der Waals surface area contributed by atoms with E-state index in [1.807, 2.05) is 6.07 Å². The number of anilines is 1. The normalized spacial score (nSPS) is 11.2. The lowest BCUT2D eigenvalue weighted by Crippen LogP contribution is -2.30. The van der Waals surface area contributed by atoms with Crippen molar-refractivity contribution in [2.75, 3.05) is 5.32 Å². The first-order chi connectivity index (χ1) is 11.0. The number of carbonyl (C=O) groups is 2. The first-order valence-corrected chi connectivity index (χ1v) is 7.08. The highest BCUT2D eigenvalue weighted by atomic mass is 16.5. The molecule has 1 amide bonds. The van der Waals surface area contributed by atoms with Crippen molar-refractivity contribution in [3.63, 3.8) is 0 Å². The zero-order chi connectivity index (χ0) is 16.8. The first kappa shape index (κ1) is 16.2. The van der Waals surface area contributed by atoms with Gasteiger partial charge in [0.2, 0.25) is 0 Å². The summed E-state index contributed by atoms with van der Waals surface area (Å²) in [5.41, 5.74) is 1.64. The minimum absolute atomic E-state index is 0.0306. The molecule has 0 fully saturated rings. The standard InChI is InChI=1S/C18H16N2O3/c1-12(21)15-6-8-16(9-7-15)20-18(22)13(2)23-17-5-3-4-14(10-17)11-19/h3-10,13H,1-2H3,(H,20,22)/t13-/m1/s1. The number of ketones is 1. The van der Waals surface area contributed by atoms with Gasteiger partial charge in [0.05, 0.1) is 11.6 Å². The summed E-state index contributed by atoms with van der Waals surface area (Å²) < 4.78 is 5.54. The van der Waals surface area contributed by atoms with Crippen molar-refractivity contribution in [3.8, 4) is 11.8 Å². The van der Waals surface area contributed by atoms with E-state index in [0.29, 0.717) is 22.6 Å². The SMILES string of the molecule is CC(=O)c1ccc(NC(=O)[C@@H](C)Oc2cccc(C#N)c2)cc1. The topological polar surface area (TPSA) is 79.2 Å². The van der Waals surface area contributed by atoms with Crippen molar-refractivity contribution in [2.24, 2.45) is 0 Å². The van der Waals surface area contributed by atoms with Gasteiger partial charge >= 0.3 is 0 Å². The van der Waals surface area contributed by atoms with Gasteiger partial charge < -0.3 is 10.1 Å². The second-order valence-corrected chi connectivity index (χ2v) is 5.02. The maximum atomic E-state index is 12.1. The highest BCUT2D eigenvalue weighted by Gasteiger charge is 2.15. The van der Waals surface area contributed by atoms with Crippen LogP contribution in [0.4, 0.5) is 5.69 Å². The van der Waals surface area contributed by atoms with E-state index in [2.05, 4.69) is 5.32 Å². The number of Topliss-reactive ketones (excluding diaryl/α,β-unsaturated/α-hetero) is 1. The molecule has 2 rings (SSSR count). The number of hydrogen-bond donors (Lipinski definition) is 1. The fraction of sp³-hybridized carbons (Fsp3) is 0.167. The number of amides is 1. The molecule has 0 aromatic heterocycles. The van der Waals surface area contributed by atoms with E-state index in [1.54, 1.807) is 55.5 Å². The Morgan fingerprint density at radius 1 is 1.17 bits per heavy atom. The van der Waals surface area contributed by atoms with Crippen molar-refractivity contribution < 1.29 is 14.3 Å². The molecule has 0 aliphatic rings. The third kappa shape index (κ3) is 4.42. The Labute approximate surface area is 134 Å². The minimum atomic E-state index is -0.726. The molecule has 0 radical (unpaired) electrons. The highest BCUT2D eigenvalue weighted by molar-refractivity contribution is 5.96. The second-order valence-electron chi connectivity index (χ2n) is 5.02. The van der Waals surface area contributed by atoms with Crippen LogP contribution < -0.4 is 10.1 Å². The maximum absolute atomic E-state index is 12.1. The third-order valence-corrected chi connectivity index (χ3v) is 3.20. The predicted molar refractivity (Wildman–Crippen MR) is 86.3 cm³/mol. The molecule has 2 aromatic rings. The molecule has 5 heteroatoms. The number of ether oxygens (including phenoxy) is 1. The lowest BCUT2D eigenvalue weighted by atomic mass is 10.1. The van der Waals surface area contributed by atoms with Crippen LogP contribution in [0.1, 0.15) is 29.8 Å². The van der Waals surface area contributed by atoms with Crippen LogP contribution in [0.25, 0.3) is 0 Å². The van der Waals surface area contributed by atoms with E-state index in [-0.39, 0.29) is 11.7 Å². The summed E-state index contributed by atoms with van der Waals surface area (Å²) in [5, 5.41) is 11.6. The Hall–Kier alpha value is -3.13. The Balaban J connectivity index is 1.99. The smallest absolute Gasteiger partial charge is 0.265 e. The monoisotopic (exact) mass is 308 g/mol. The van der Waals surface area contributed by atoms with Crippen LogP contribution >= 0.6 is 0 Å². The van der Waals surface area contributed by atoms with Gasteiger partial charge in [-0.15, -0.1) is 0 Å². The lowest BCUT2D eigenvalue weighted by Gasteiger charge is -2.15. The molecule has 0 saturated heterocycles. The van der Waals surface area contributed by atoms with Gasteiger partial charge in [0.25, 0.3) is 5.91 Å². The quantitative estimate of drug-likeness (QED) is 0.860. The average molecular weight is 308 g/mol. The summed E-state index contributed by atoms with van der Waals surface area (Å²) in [6.45, 7) is 3.11. The zero-order valence-electron chi connectivity index (χ0n) is 12.9. The number of benzene rings is 2. The number of nitriles is 1. The number of nitrogens with one attached hydrogen (secondary N) is 1. The van der Waals surface area contributed by atoms with Crippen LogP contribution in [0.15, 0.2) is 48.5 Å². The number of rotatable bonds is 5. The molecule has 116 valence electrons. The molecule has 0 heterocycles. The Morgan fingerprint density at radius 3 is 2.48 bits per heavy atom. The predicted octanol–water partition coefficient (Wildman–Crippen LogP) is 3.17. The van der Waals surface area contributed by atoms with Crippen LogP contribution in [0, 0.1) is 11.3 Å². The molecule has 23 heavy (non-hydrogen) atoms. The summed E-state index contributed by atoms with van der Waals surface area (Å²) in [4.78, 5) is 23.3. The molecule has 0 spiro atoms. The van der Waals surface area contributed by atoms with Gasteiger partial charge in [-0.25, -0.2) is 0 Å². The fourth-order valence-electron chi connectivity index (χ4n) is 1.93. The van der Waals surface area contributed by atoms with Gasteiger partial charge in [-0.1, -0.05) is 6.07 Å². The number of carbonyl (C=O) groups excluding carboxylic acids is 2. The van der Waals surface area contributed by atoms with Gasteiger partial charge in [-0.2, -0.15) is 5.26 Å². The van der Waals surface area contributed by atoms with Crippen LogP contribution in [0.5, 0.6) is 5.75 Å². The van der Waals surface area contributed by atoms with Crippen molar-refractivity contribution in [2.45, 2.75) is 20.0 Å². The van der Waals surface area contributed by atoms with Crippen LogP contribution in [0.2, 0.25) is 0 Å². The lowest BCUT2D eigenvalue weighted by molar-refractivity contribution is -0.122. The van der Waals surface area contributed by atoms with Gasteiger partial charge in [-0.3, -0.25) is 9.59 Å². The highest BCUT2D eigenvalue weighted by Crippen LogP contribution is 2.16. The van der Waals surface area contributed by atoms with Crippen molar-refractivity contribution in [1.82, 2.24) is 0 Å². The summed E-state index contributed by atoms with van der Waals surface area (Å²) in [6, 6.07) is 15.3. The van der Waals surface area contributed by atoms with E-state index < -0.39 is 6.10 Å². The van der Waals surface area contributed by atoms with E-state index in [9.17, 15) is 9.59 Å². The molecule has 2 aromatic carbocycles. The maximum Gasteiger partial charge on any atom is 0.265 e. The molecule has 0 aliphatic heterocycles. The molecule has 5 nitrogen and oxygen atoms in total. The fourth-order valence-corrected chi connectivity index (χ4v) is 1.93. The van der Waals surface area contributed by atoms with Gasteiger partial charge in [0.15, 0.2) is 11.9 Å². The molecule has 1 atom stereocenters. The van der Waals surface area contributed by atoms with Crippen LogP contribution in [-0.2, 0) is 4.79 Å². The molecular weight excluding hydrogens is 292 g/mol. The molecule has 0 bridgehead atoms. The van der Waals surface area contributed by atoms with E-state index >= 15 is 0 Å².